The molecule has 54 heavy (non-hydrogen) atoms. The summed E-state index contributed by atoms with van der Waals surface area (Å²) in [6.07, 6.45) is 21.1. The molecule has 6 rings (SSSR count). The van der Waals surface area contributed by atoms with Crippen molar-refractivity contribution in [3.63, 3.8) is 0 Å². The van der Waals surface area contributed by atoms with Gasteiger partial charge in [0.25, 0.3) is 0 Å². The molecule has 2 fully saturated rings. The quantitative estimate of drug-likeness (QED) is 0.0735. The first-order chi connectivity index (χ1) is 26.3. The summed E-state index contributed by atoms with van der Waals surface area (Å²) in [5, 5.41) is 0. The molecule has 0 unspecified atom stereocenters. The molecule has 4 aromatic carbocycles. The van der Waals surface area contributed by atoms with Gasteiger partial charge in [-0.2, -0.15) is 0 Å². The standard InChI is InChI=1S/2C24H29FO2/c2*1-2-3-4-5-18-6-8-19(9-7-18)20-10-12-21(13-11-20)24(26)27-23-16-14-22(25)15-17-23/h2*10-19H,2-9H2,1H3. The summed E-state index contributed by atoms with van der Waals surface area (Å²) in [6, 6.07) is 26.6. The topological polar surface area (TPSA) is 52.6 Å². The molecule has 0 aromatic heterocycles. The molecule has 0 atom stereocenters. The molecule has 0 saturated heterocycles. The van der Waals surface area contributed by atoms with E-state index in [0.29, 0.717) is 34.5 Å². The van der Waals surface area contributed by atoms with Crippen LogP contribution in [-0.2, 0) is 0 Å². The van der Waals surface area contributed by atoms with Crippen molar-refractivity contribution >= 4 is 11.9 Å². The lowest BCUT2D eigenvalue weighted by Crippen LogP contribution is -2.14. The lowest BCUT2D eigenvalue weighted by atomic mass is 9.77. The summed E-state index contributed by atoms with van der Waals surface area (Å²) in [5.41, 5.74) is 3.69. The molecule has 0 bridgehead atoms. The lowest BCUT2D eigenvalue weighted by molar-refractivity contribution is 0.0725. The van der Waals surface area contributed by atoms with Gasteiger partial charge in [0, 0.05) is 0 Å². The van der Waals surface area contributed by atoms with Gasteiger partial charge in [0.1, 0.15) is 23.1 Å². The van der Waals surface area contributed by atoms with E-state index in [0.717, 1.165) is 11.8 Å². The third-order valence-electron chi connectivity index (χ3n) is 11.4. The molecule has 0 heterocycles. The Bertz CT molecular complexity index is 1560. The number of rotatable bonds is 14. The highest BCUT2D eigenvalue weighted by Gasteiger charge is 2.24. The number of carbonyl (C=O) groups is 2. The first-order valence-electron chi connectivity index (χ1n) is 20.5. The number of esters is 2. The molecule has 6 heteroatoms. The zero-order chi connectivity index (χ0) is 38.1. The van der Waals surface area contributed by atoms with Crippen molar-refractivity contribution in [2.24, 2.45) is 11.8 Å². The van der Waals surface area contributed by atoms with E-state index >= 15 is 0 Å². The molecule has 2 saturated carbocycles. The minimum absolute atomic E-state index is 0.348. The van der Waals surface area contributed by atoms with Gasteiger partial charge in [-0.05, 0) is 159 Å². The molecule has 2 aliphatic rings. The lowest BCUT2D eigenvalue weighted by Gasteiger charge is -2.29. The van der Waals surface area contributed by atoms with Crippen molar-refractivity contribution in [2.75, 3.05) is 0 Å². The van der Waals surface area contributed by atoms with Crippen molar-refractivity contribution in [3.8, 4) is 11.5 Å². The highest BCUT2D eigenvalue weighted by molar-refractivity contribution is 5.91. The number of hydrogen-bond donors (Lipinski definition) is 0. The van der Waals surface area contributed by atoms with Crippen molar-refractivity contribution in [3.05, 3.63) is 131 Å². The van der Waals surface area contributed by atoms with Gasteiger partial charge in [-0.3, -0.25) is 0 Å². The van der Waals surface area contributed by atoms with Crippen LogP contribution in [0.2, 0.25) is 0 Å². The number of unbranched alkanes of at least 4 members (excludes halogenated alkanes) is 4. The van der Waals surface area contributed by atoms with Crippen LogP contribution in [0.25, 0.3) is 0 Å². The summed E-state index contributed by atoms with van der Waals surface area (Å²) in [4.78, 5) is 24.5. The average molecular weight is 737 g/mol. The van der Waals surface area contributed by atoms with Crippen LogP contribution < -0.4 is 9.47 Å². The largest absolute Gasteiger partial charge is 0.423 e. The number of benzene rings is 4. The van der Waals surface area contributed by atoms with E-state index in [-0.39, 0.29) is 11.6 Å². The zero-order valence-corrected chi connectivity index (χ0v) is 32.2. The van der Waals surface area contributed by atoms with Crippen LogP contribution in [0, 0.1) is 23.5 Å². The Morgan fingerprint density at radius 2 is 0.815 bits per heavy atom. The Morgan fingerprint density at radius 3 is 1.13 bits per heavy atom. The van der Waals surface area contributed by atoms with E-state index in [2.05, 4.69) is 38.1 Å². The third kappa shape index (κ3) is 12.9. The summed E-state index contributed by atoms with van der Waals surface area (Å²) >= 11 is 0. The summed E-state index contributed by atoms with van der Waals surface area (Å²) < 4.78 is 36.5. The first-order valence-corrected chi connectivity index (χ1v) is 20.5. The Kier molecular flexibility index (Phi) is 16.3. The van der Waals surface area contributed by atoms with Gasteiger partial charge in [0.2, 0.25) is 0 Å². The Hall–Kier alpha value is -4.32. The molecular formula is C48H58F2O4. The van der Waals surface area contributed by atoms with E-state index in [1.165, 1.54) is 162 Å². The molecule has 0 N–H and O–H groups in total. The maximum atomic E-state index is 12.9. The van der Waals surface area contributed by atoms with Crippen LogP contribution >= 0.6 is 0 Å². The molecule has 0 spiro atoms. The van der Waals surface area contributed by atoms with Gasteiger partial charge in [-0.1, -0.05) is 89.5 Å². The van der Waals surface area contributed by atoms with Crippen LogP contribution in [0.15, 0.2) is 97.1 Å². The predicted molar refractivity (Wildman–Crippen MR) is 213 cm³/mol. The highest BCUT2D eigenvalue weighted by atomic mass is 19.1. The fourth-order valence-electron chi connectivity index (χ4n) is 8.05. The Morgan fingerprint density at radius 1 is 0.481 bits per heavy atom. The Balaban J connectivity index is 0.000000208. The fraction of sp³-hybridized carbons (Fsp3) is 0.458. The van der Waals surface area contributed by atoms with Gasteiger partial charge in [0.05, 0.1) is 11.1 Å². The zero-order valence-electron chi connectivity index (χ0n) is 32.2. The predicted octanol–water partition coefficient (Wildman–Crippen LogP) is 13.8. The number of hydrogen-bond acceptors (Lipinski definition) is 4. The summed E-state index contributed by atoms with van der Waals surface area (Å²) in [5.74, 6) is 2.21. The van der Waals surface area contributed by atoms with E-state index in [9.17, 15) is 18.4 Å². The average Bonchev–Trinajstić information content (AvgIpc) is 3.21. The summed E-state index contributed by atoms with van der Waals surface area (Å²) in [6.45, 7) is 4.52. The minimum atomic E-state index is -0.409. The van der Waals surface area contributed by atoms with Crippen LogP contribution in [-0.4, -0.2) is 11.9 Å². The van der Waals surface area contributed by atoms with Crippen LogP contribution in [0.1, 0.15) is 160 Å². The van der Waals surface area contributed by atoms with Crippen molar-refractivity contribution in [2.45, 2.75) is 128 Å². The maximum absolute atomic E-state index is 12.9. The summed E-state index contributed by atoms with van der Waals surface area (Å²) in [7, 11) is 0. The molecule has 0 aliphatic heterocycles. The van der Waals surface area contributed by atoms with Crippen molar-refractivity contribution in [1.82, 2.24) is 0 Å². The second-order valence-corrected chi connectivity index (χ2v) is 15.4. The second kappa shape index (κ2) is 21.5. The van der Waals surface area contributed by atoms with Gasteiger partial charge in [0.15, 0.2) is 0 Å². The second-order valence-electron chi connectivity index (χ2n) is 15.4. The van der Waals surface area contributed by atoms with Gasteiger partial charge in [-0.15, -0.1) is 0 Å². The maximum Gasteiger partial charge on any atom is 0.343 e. The van der Waals surface area contributed by atoms with Crippen LogP contribution in [0.3, 0.4) is 0 Å². The highest BCUT2D eigenvalue weighted by Crippen LogP contribution is 2.39. The van der Waals surface area contributed by atoms with Gasteiger partial charge in [-0.25, -0.2) is 18.4 Å². The van der Waals surface area contributed by atoms with Crippen molar-refractivity contribution < 1.29 is 27.8 Å². The molecule has 0 radical (unpaired) electrons. The normalized spacial score (nSPS) is 19.6. The first kappa shape index (κ1) is 40.9. The van der Waals surface area contributed by atoms with Crippen LogP contribution in [0.5, 0.6) is 11.5 Å². The van der Waals surface area contributed by atoms with E-state index in [1.807, 2.05) is 24.3 Å². The molecule has 4 nitrogen and oxygen atoms in total. The van der Waals surface area contributed by atoms with Crippen LogP contribution in [0.4, 0.5) is 8.78 Å². The number of halogens is 2. The van der Waals surface area contributed by atoms with Gasteiger partial charge >= 0.3 is 11.9 Å². The van der Waals surface area contributed by atoms with E-state index in [1.54, 1.807) is 0 Å². The molecule has 0 amide bonds. The van der Waals surface area contributed by atoms with Gasteiger partial charge < -0.3 is 9.47 Å². The van der Waals surface area contributed by atoms with E-state index < -0.39 is 11.9 Å². The fourth-order valence-corrected chi connectivity index (χ4v) is 8.05. The van der Waals surface area contributed by atoms with E-state index in [4.69, 9.17) is 9.47 Å². The van der Waals surface area contributed by atoms with Crippen molar-refractivity contribution in [1.29, 1.82) is 0 Å². The number of carbonyl (C=O) groups excluding carboxylic acids is 2. The minimum Gasteiger partial charge on any atom is -0.423 e. The number of ether oxygens (including phenoxy) is 2. The smallest absolute Gasteiger partial charge is 0.343 e. The molecular weight excluding hydrogens is 679 g/mol. The third-order valence-corrected chi connectivity index (χ3v) is 11.4. The molecule has 288 valence electrons. The molecule has 4 aromatic rings. The monoisotopic (exact) mass is 736 g/mol. The Labute approximate surface area is 321 Å². The molecule has 2 aliphatic carbocycles. The SMILES string of the molecule is CCCCCC1CCC(c2ccc(C(=O)Oc3ccc(F)cc3)cc2)CC1.CCCCCC1CCC(c2ccc(C(=O)Oc3ccc(F)cc3)cc2)CC1.